The monoisotopic (exact) mass is 255 g/mol. The van der Waals surface area contributed by atoms with E-state index < -0.39 is 12.9 Å². The molecule has 3 aromatic rings. The number of halogens is 1. The summed E-state index contributed by atoms with van der Waals surface area (Å²) in [7, 11) is -1.63. The Labute approximate surface area is 109 Å². The number of nitrogens with one attached hydrogen (secondary N) is 1. The normalized spacial score (nSPS) is 10.9. The molecule has 0 saturated heterocycles. The molecule has 0 spiro atoms. The van der Waals surface area contributed by atoms with Crippen molar-refractivity contribution in [3.05, 3.63) is 54.5 Å². The molecule has 0 radical (unpaired) electrons. The number of benzene rings is 2. The molecule has 0 amide bonds. The minimum Gasteiger partial charge on any atom is -0.423 e. The van der Waals surface area contributed by atoms with Crippen molar-refractivity contribution in [2.45, 2.75) is 0 Å². The van der Waals surface area contributed by atoms with E-state index in [1.54, 1.807) is 6.20 Å². The van der Waals surface area contributed by atoms with Gasteiger partial charge in [0.15, 0.2) is 0 Å². The molecule has 0 aliphatic rings. The van der Waals surface area contributed by atoms with Crippen LogP contribution in [0.2, 0.25) is 0 Å². The predicted molar refractivity (Wildman–Crippen MR) is 73.5 cm³/mol. The van der Waals surface area contributed by atoms with Crippen LogP contribution in [-0.2, 0) is 0 Å². The van der Waals surface area contributed by atoms with E-state index in [4.69, 9.17) is 0 Å². The maximum absolute atomic E-state index is 13.4. The van der Waals surface area contributed by atoms with E-state index in [2.05, 4.69) is 4.98 Å². The van der Waals surface area contributed by atoms with Gasteiger partial charge in [-0.3, -0.25) is 0 Å². The van der Waals surface area contributed by atoms with Gasteiger partial charge in [0, 0.05) is 22.7 Å². The molecule has 3 N–H and O–H groups in total. The summed E-state index contributed by atoms with van der Waals surface area (Å²) in [5.41, 5.74) is 2.43. The Morgan fingerprint density at radius 3 is 2.58 bits per heavy atom. The summed E-state index contributed by atoms with van der Waals surface area (Å²) >= 11 is 0. The zero-order chi connectivity index (χ0) is 13.4. The van der Waals surface area contributed by atoms with Crippen molar-refractivity contribution in [1.82, 2.24) is 4.98 Å². The van der Waals surface area contributed by atoms with Crippen molar-refractivity contribution in [3.8, 4) is 11.1 Å². The molecule has 0 atom stereocenters. The molecule has 1 aromatic heterocycles. The highest BCUT2D eigenvalue weighted by Crippen LogP contribution is 2.27. The number of aromatic amines is 1. The molecule has 3 nitrogen and oxygen atoms in total. The lowest BCUT2D eigenvalue weighted by Crippen LogP contribution is -2.31. The van der Waals surface area contributed by atoms with Crippen molar-refractivity contribution in [3.63, 3.8) is 0 Å². The SMILES string of the molecule is OB(O)c1ccc(F)cc1-c1c[nH]c2ccccc12. The number of hydrogen-bond acceptors (Lipinski definition) is 2. The fraction of sp³-hybridized carbons (Fsp3) is 0. The molecule has 3 rings (SSSR count). The third kappa shape index (κ3) is 2.03. The van der Waals surface area contributed by atoms with Gasteiger partial charge < -0.3 is 15.0 Å². The number of rotatable bonds is 2. The van der Waals surface area contributed by atoms with Crippen LogP contribution in [0, 0.1) is 5.82 Å². The fourth-order valence-electron chi connectivity index (χ4n) is 2.28. The largest absolute Gasteiger partial charge is 0.489 e. The minimum atomic E-state index is -1.63. The topological polar surface area (TPSA) is 56.2 Å². The first-order valence-corrected chi connectivity index (χ1v) is 5.89. The molecule has 0 unspecified atom stereocenters. The second-order valence-corrected chi connectivity index (χ2v) is 4.35. The van der Waals surface area contributed by atoms with Crippen LogP contribution in [-0.4, -0.2) is 22.2 Å². The van der Waals surface area contributed by atoms with Gasteiger partial charge in [-0.15, -0.1) is 0 Å². The van der Waals surface area contributed by atoms with Gasteiger partial charge in [0.1, 0.15) is 5.82 Å². The first-order chi connectivity index (χ1) is 9.16. The third-order valence-electron chi connectivity index (χ3n) is 3.17. The molecule has 0 bridgehead atoms. The Kier molecular flexibility index (Phi) is 2.85. The lowest BCUT2D eigenvalue weighted by Gasteiger charge is -2.08. The van der Waals surface area contributed by atoms with E-state index in [0.29, 0.717) is 5.56 Å². The van der Waals surface area contributed by atoms with Gasteiger partial charge in [-0.25, -0.2) is 4.39 Å². The van der Waals surface area contributed by atoms with Gasteiger partial charge in [0.25, 0.3) is 0 Å². The van der Waals surface area contributed by atoms with Crippen LogP contribution in [0.1, 0.15) is 0 Å². The van der Waals surface area contributed by atoms with Gasteiger partial charge in [-0.2, -0.15) is 0 Å². The van der Waals surface area contributed by atoms with Gasteiger partial charge in [-0.1, -0.05) is 24.3 Å². The Morgan fingerprint density at radius 1 is 1.00 bits per heavy atom. The maximum Gasteiger partial charge on any atom is 0.489 e. The van der Waals surface area contributed by atoms with Gasteiger partial charge in [0.2, 0.25) is 0 Å². The number of H-pyrrole nitrogens is 1. The second kappa shape index (κ2) is 4.53. The van der Waals surface area contributed by atoms with Crippen molar-refractivity contribution in [2.24, 2.45) is 0 Å². The van der Waals surface area contributed by atoms with Crippen LogP contribution < -0.4 is 5.46 Å². The smallest absolute Gasteiger partial charge is 0.423 e. The average molecular weight is 255 g/mol. The standard InChI is InChI=1S/C14H11BFNO2/c16-9-5-6-13(15(18)19)11(7-9)12-8-17-14-4-2-1-3-10(12)14/h1-8,17-19H. The van der Waals surface area contributed by atoms with E-state index >= 15 is 0 Å². The van der Waals surface area contributed by atoms with Crippen LogP contribution in [0.4, 0.5) is 4.39 Å². The highest BCUT2D eigenvalue weighted by atomic mass is 19.1. The summed E-state index contributed by atoms with van der Waals surface area (Å²) in [6, 6.07) is 11.5. The minimum absolute atomic E-state index is 0.283. The third-order valence-corrected chi connectivity index (χ3v) is 3.17. The summed E-state index contributed by atoms with van der Waals surface area (Å²) in [6.45, 7) is 0. The van der Waals surface area contributed by atoms with E-state index in [1.165, 1.54) is 18.2 Å². The van der Waals surface area contributed by atoms with Crippen molar-refractivity contribution in [1.29, 1.82) is 0 Å². The molecular weight excluding hydrogens is 244 g/mol. The van der Waals surface area contributed by atoms with Crippen LogP contribution in [0.5, 0.6) is 0 Å². The first-order valence-electron chi connectivity index (χ1n) is 5.89. The first kappa shape index (κ1) is 12.0. The Bertz CT molecular complexity index is 739. The summed E-state index contributed by atoms with van der Waals surface area (Å²) in [6.07, 6.45) is 1.74. The lowest BCUT2D eigenvalue weighted by atomic mass is 9.75. The molecule has 1 heterocycles. The van der Waals surface area contributed by atoms with Crippen LogP contribution >= 0.6 is 0 Å². The van der Waals surface area contributed by atoms with Crippen molar-refractivity contribution >= 4 is 23.5 Å². The Balaban J connectivity index is 2.29. The average Bonchev–Trinajstić information content (AvgIpc) is 2.82. The molecule has 19 heavy (non-hydrogen) atoms. The van der Waals surface area contributed by atoms with Gasteiger partial charge in [-0.05, 0) is 29.2 Å². The second-order valence-electron chi connectivity index (χ2n) is 4.35. The van der Waals surface area contributed by atoms with Crippen molar-refractivity contribution < 1.29 is 14.4 Å². The molecule has 0 aliphatic heterocycles. The summed E-state index contributed by atoms with van der Waals surface area (Å²) in [5, 5.41) is 19.7. The fourth-order valence-corrected chi connectivity index (χ4v) is 2.28. The highest BCUT2D eigenvalue weighted by molar-refractivity contribution is 6.60. The van der Waals surface area contributed by atoms with Gasteiger partial charge in [0.05, 0.1) is 0 Å². The number of fused-ring (bicyclic) bond motifs is 1. The van der Waals surface area contributed by atoms with E-state index in [0.717, 1.165) is 16.5 Å². The number of hydrogen-bond donors (Lipinski definition) is 3. The molecule has 0 fully saturated rings. The highest BCUT2D eigenvalue weighted by Gasteiger charge is 2.19. The molecule has 2 aromatic carbocycles. The lowest BCUT2D eigenvalue weighted by molar-refractivity contribution is 0.426. The van der Waals surface area contributed by atoms with E-state index in [9.17, 15) is 14.4 Å². The molecule has 5 heteroatoms. The molecule has 0 saturated carbocycles. The van der Waals surface area contributed by atoms with Crippen molar-refractivity contribution in [2.75, 3.05) is 0 Å². The van der Waals surface area contributed by atoms with Crippen LogP contribution in [0.3, 0.4) is 0 Å². The Hall–Kier alpha value is -2.11. The number of para-hydroxylation sites is 1. The maximum atomic E-state index is 13.4. The van der Waals surface area contributed by atoms with E-state index in [1.807, 2.05) is 24.3 Å². The van der Waals surface area contributed by atoms with E-state index in [-0.39, 0.29) is 5.46 Å². The molecule has 94 valence electrons. The summed E-state index contributed by atoms with van der Waals surface area (Å²) in [5.74, 6) is -0.412. The summed E-state index contributed by atoms with van der Waals surface area (Å²) < 4.78 is 13.4. The molecular formula is C14H11BFNO2. The van der Waals surface area contributed by atoms with Crippen LogP contribution in [0.25, 0.3) is 22.0 Å². The predicted octanol–water partition coefficient (Wildman–Crippen LogP) is 1.65. The van der Waals surface area contributed by atoms with Crippen LogP contribution in [0.15, 0.2) is 48.7 Å². The zero-order valence-corrected chi connectivity index (χ0v) is 9.97. The number of aromatic nitrogens is 1. The summed E-state index contributed by atoms with van der Waals surface area (Å²) in [4.78, 5) is 3.09. The van der Waals surface area contributed by atoms with Gasteiger partial charge >= 0.3 is 7.12 Å². The zero-order valence-electron chi connectivity index (χ0n) is 9.97. The quantitative estimate of drug-likeness (QED) is 0.610. The molecule has 0 aliphatic carbocycles. The Morgan fingerprint density at radius 2 is 1.79 bits per heavy atom.